The number of rotatable bonds is 5. The molecule has 0 aliphatic carbocycles. The van der Waals surface area contributed by atoms with Gasteiger partial charge in [-0.3, -0.25) is 0 Å². The van der Waals surface area contributed by atoms with Gasteiger partial charge in [0.05, 0.1) is 13.2 Å². The van der Waals surface area contributed by atoms with Crippen LogP contribution in [0.4, 0.5) is 0 Å². The summed E-state index contributed by atoms with van der Waals surface area (Å²) in [7, 11) is 1.62. The van der Waals surface area contributed by atoms with Crippen molar-refractivity contribution < 1.29 is 9.84 Å². The molecule has 1 atom stereocenters. The van der Waals surface area contributed by atoms with Gasteiger partial charge in [-0.2, -0.15) is 0 Å². The highest BCUT2D eigenvalue weighted by Crippen LogP contribution is 2.31. The Balaban J connectivity index is 2.88. The maximum absolute atomic E-state index is 10.1. The third-order valence-corrected chi connectivity index (χ3v) is 3.27. The maximum atomic E-state index is 10.1. The van der Waals surface area contributed by atoms with E-state index >= 15 is 0 Å². The highest BCUT2D eigenvalue weighted by atomic mass is 79.9. The number of ether oxygens (including phenoxy) is 1. The van der Waals surface area contributed by atoms with Gasteiger partial charge in [-0.25, -0.2) is 0 Å². The summed E-state index contributed by atoms with van der Waals surface area (Å²) in [5.74, 6) is 0.749. The molecule has 1 N–H and O–H groups in total. The molecule has 16 heavy (non-hydrogen) atoms. The molecule has 0 aliphatic heterocycles. The minimum atomic E-state index is -0.531. The van der Waals surface area contributed by atoms with E-state index in [4.69, 9.17) is 4.74 Å². The number of aliphatic hydroxyl groups excluding tert-OH is 1. The molecule has 0 spiro atoms. The predicted octanol–water partition coefficient (Wildman–Crippen LogP) is 3.85. The van der Waals surface area contributed by atoms with Crippen molar-refractivity contribution in [2.24, 2.45) is 0 Å². The Hall–Kier alpha value is -0.800. The Kier molecular flexibility index (Phi) is 5.03. The van der Waals surface area contributed by atoms with Gasteiger partial charge in [0.1, 0.15) is 5.75 Å². The molecule has 1 rings (SSSR count). The summed E-state index contributed by atoms with van der Waals surface area (Å²) in [6.45, 7) is 5.94. The second kappa shape index (κ2) is 6.06. The molecule has 0 heterocycles. The van der Waals surface area contributed by atoms with E-state index < -0.39 is 6.10 Å². The molecule has 3 heteroatoms. The molecule has 88 valence electrons. The Labute approximate surface area is 105 Å². The molecule has 0 radical (unpaired) electrons. The molecule has 1 unspecified atom stereocenters. The van der Waals surface area contributed by atoms with Gasteiger partial charge in [-0.1, -0.05) is 35.0 Å². The molecule has 0 saturated carbocycles. The average Bonchev–Trinajstić information content (AvgIpc) is 2.29. The lowest BCUT2D eigenvalue weighted by atomic mass is 10.0. The van der Waals surface area contributed by atoms with Crippen molar-refractivity contribution in [1.82, 2.24) is 0 Å². The van der Waals surface area contributed by atoms with E-state index in [0.717, 1.165) is 27.8 Å². The monoisotopic (exact) mass is 284 g/mol. The quantitative estimate of drug-likeness (QED) is 0.833. The van der Waals surface area contributed by atoms with Gasteiger partial charge < -0.3 is 9.84 Å². The van der Waals surface area contributed by atoms with Crippen LogP contribution in [0.15, 0.2) is 34.8 Å². The lowest BCUT2D eigenvalue weighted by Gasteiger charge is -2.14. The van der Waals surface area contributed by atoms with Crippen molar-refractivity contribution in [2.75, 3.05) is 7.11 Å². The molecule has 1 aromatic carbocycles. The van der Waals surface area contributed by atoms with Crippen molar-refractivity contribution in [1.29, 1.82) is 0 Å². The van der Waals surface area contributed by atoms with E-state index in [1.807, 2.05) is 25.1 Å². The summed E-state index contributed by atoms with van der Waals surface area (Å²) < 4.78 is 6.03. The van der Waals surface area contributed by atoms with E-state index in [1.54, 1.807) is 7.11 Å². The first-order valence-electron chi connectivity index (χ1n) is 5.26. The Morgan fingerprint density at radius 3 is 2.81 bits per heavy atom. The van der Waals surface area contributed by atoms with E-state index in [2.05, 4.69) is 22.5 Å². The zero-order valence-corrected chi connectivity index (χ0v) is 11.3. The van der Waals surface area contributed by atoms with Crippen molar-refractivity contribution in [3.05, 3.63) is 40.4 Å². The third-order valence-electron chi connectivity index (χ3n) is 2.54. The summed E-state index contributed by atoms with van der Waals surface area (Å²) in [5.41, 5.74) is 1.89. The topological polar surface area (TPSA) is 29.5 Å². The van der Waals surface area contributed by atoms with Gasteiger partial charge in [-0.05, 0) is 36.6 Å². The molecule has 0 aliphatic rings. The van der Waals surface area contributed by atoms with Crippen molar-refractivity contribution in [3.63, 3.8) is 0 Å². The van der Waals surface area contributed by atoms with Crippen LogP contribution in [-0.2, 0) is 0 Å². The molecule has 0 saturated heterocycles. The van der Waals surface area contributed by atoms with E-state index in [9.17, 15) is 5.11 Å². The summed E-state index contributed by atoms with van der Waals surface area (Å²) in [4.78, 5) is 0. The van der Waals surface area contributed by atoms with E-state index in [-0.39, 0.29) is 0 Å². The van der Waals surface area contributed by atoms with Crippen LogP contribution in [0.2, 0.25) is 0 Å². The minimum Gasteiger partial charge on any atom is -0.497 e. The van der Waals surface area contributed by atoms with Crippen LogP contribution in [0.1, 0.15) is 31.4 Å². The predicted molar refractivity (Wildman–Crippen MR) is 69.7 cm³/mol. The van der Waals surface area contributed by atoms with E-state index in [1.165, 1.54) is 0 Å². The Morgan fingerprint density at radius 1 is 1.56 bits per heavy atom. The number of hydrogen-bond donors (Lipinski definition) is 1. The molecule has 0 aromatic heterocycles. The number of hydrogen-bond acceptors (Lipinski definition) is 2. The van der Waals surface area contributed by atoms with Gasteiger partial charge in [0.25, 0.3) is 0 Å². The molecular formula is C13H17BrO2. The Bertz CT molecular complexity index is 374. The van der Waals surface area contributed by atoms with Crippen molar-refractivity contribution in [2.45, 2.75) is 25.9 Å². The van der Waals surface area contributed by atoms with Gasteiger partial charge in [0.15, 0.2) is 0 Å². The molecule has 0 fully saturated rings. The van der Waals surface area contributed by atoms with Crippen LogP contribution in [0, 0.1) is 0 Å². The second-order valence-electron chi connectivity index (χ2n) is 3.71. The first-order chi connectivity index (χ1) is 7.58. The zero-order valence-electron chi connectivity index (χ0n) is 9.66. The van der Waals surface area contributed by atoms with Crippen LogP contribution in [0.5, 0.6) is 5.75 Å². The van der Waals surface area contributed by atoms with Crippen LogP contribution in [0.3, 0.4) is 0 Å². The van der Waals surface area contributed by atoms with Gasteiger partial charge in [0, 0.05) is 4.47 Å². The summed E-state index contributed by atoms with van der Waals surface area (Å²) in [5, 5.41) is 10.1. The summed E-state index contributed by atoms with van der Waals surface area (Å²) in [6, 6.07) is 5.58. The SMILES string of the molecule is C=C(CC)CC(O)c1cc(OC)ccc1Br. The van der Waals surface area contributed by atoms with Crippen LogP contribution in [-0.4, -0.2) is 12.2 Å². The molecule has 0 amide bonds. The van der Waals surface area contributed by atoms with Crippen molar-refractivity contribution in [3.8, 4) is 5.75 Å². The number of halogens is 1. The number of aliphatic hydroxyl groups is 1. The smallest absolute Gasteiger partial charge is 0.119 e. The fourth-order valence-corrected chi connectivity index (χ4v) is 1.94. The standard InChI is InChI=1S/C13H17BrO2/c1-4-9(2)7-13(15)11-8-10(16-3)5-6-12(11)14/h5-6,8,13,15H,2,4,7H2,1,3H3. The fourth-order valence-electron chi connectivity index (χ4n) is 1.43. The second-order valence-corrected chi connectivity index (χ2v) is 4.57. The minimum absolute atomic E-state index is 0.531. The fraction of sp³-hybridized carbons (Fsp3) is 0.385. The molecule has 2 nitrogen and oxygen atoms in total. The largest absolute Gasteiger partial charge is 0.497 e. The molecular weight excluding hydrogens is 268 g/mol. The van der Waals surface area contributed by atoms with Crippen molar-refractivity contribution >= 4 is 15.9 Å². The number of benzene rings is 1. The Morgan fingerprint density at radius 2 is 2.25 bits per heavy atom. The normalized spacial score (nSPS) is 12.2. The van der Waals surface area contributed by atoms with Crippen LogP contribution in [0.25, 0.3) is 0 Å². The first kappa shape index (κ1) is 13.3. The van der Waals surface area contributed by atoms with Crippen LogP contribution >= 0.6 is 15.9 Å². The summed E-state index contributed by atoms with van der Waals surface area (Å²) >= 11 is 3.43. The lowest BCUT2D eigenvalue weighted by Crippen LogP contribution is -2.00. The maximum Gasteiger partial charge on any atom is 0.119 e. The number of methoxy groups -OCH3 is 1. The lowest BCUT2D eigenvalue weighted by molar-refractivity contribution is 0.176. The average molecular weight is 285 g/mol. The highest BCUT2D eigenvalue weighted by molar-refractivity contribution is 9.10. The first-order valence-corrected chi connectivity index (χ1v) is 6.06. The summed E-state index contributed by atoms with van der Waals surface area (Å²) in [6.07, 6.45) is 0.943. The highest BCUT2D eigenvalue weighted by Gasteiger charge is 2.13. The third kappa shape index (κ3) is 3.35. The molecule has 0 bridgehead atoms. The van der Waals surface area contributed by atoms with Crippen LogP contribution < -0.4 is 4.74 Å². The van der Waals surface area contributed by atoms with E-state index in [0.29, 0.717) is 6.42 Å². The molecule has 1 aromatic rings. The van der Waals surface area contributed by atoms with Gasteiger partial charge >= 0.3 is 0 Å². The zero-order chi connectivity index (χ0) is 12.1. The van der Waals surface area contributed by atoms with Gasteiger partial charge in [0.2, 0.25) is 0 Å². The van der Waals surface area contributed by atoms with Gasteiger partial charge in [-0.15, -0.1) is 0 Å².